The summed E-state index contributed by atoms with van der Waals surface area (Å²) >= 11 is 5.79. The van der Waals surface area contributed by atoms with E-state index in [9.17, 15) is 4.79 Å². The Kier molecular flexibility index (Phi) is 4.58. The molecule has 1 aromatic rings. The van der Waals surface area contributed by atoms with Crippen LogP contribution in [0.1, 0.15) is 13.3 Å². The molecular formula is C9H14ClN3O2. The number of methoxy groups -OCH3 is 1. The standard InChI is InChI=1S/C9H14ClN3O2/c1-6(3-4-15-2)12-7-5-11-13-9(14)8(7)10/h5-6H,3-4H2,1-2H3,(H2,12,13,14). The van der Waals surface area contributed by atoms with Gasteiger partial charge in [-0.25, -0.2) is 5.10 Å². The van der Waals surface area contributed by atoms with Crippen molar-refractivity contribution < 1.29 is 4.74 Å². The van der Waals surface area contributed by atoms with Crippen LogP contribution in [0.5, 0.6) is 0 Å². The van der Waals surface area contributed by atoms with Gasteiger partial charge in [0, 0.05) is 19.8 Å². The maximum Gasteiger partial charge on any atom is 0.285 e. The van der Waals surface area contributed by atoms with Gasteiger partial charge in [-0.15, -0.1) is 0 Å². The van der Waals surface area contributed by atoms with Crippen molar-refractivity contribution in [1.82, 2.24) is 10.2 Å². The maximum absolute atomic E-state index is 11.1. The topological polar surface area (TPSA) is 67.0 Å². The summed E-state index contributed by atoms with van der Waals surface area (Å²) in [4.78, 5) is 11.1. The van der Waals surface area contributed by atoms with Crippen molar-refractivity contribution in [1.29, 1.82) is 0 Å². The normalized spacial score (nSPS) is 12.5. The lowest BCUT2D eigenvalue weighted by Crippen LogP contribution is -2.20. The third-order valence-electron chi connectivity index (χ3n) is 1.95. The number of aromatic amines is 1. The van der Waals surface area contributed by atoms with E-state index in [1.165, 1.54) is 6.20 Å². The highest BCUT2D eigenvalue weighted by Gasteiger charge is 2.07. The number of anilines is 1. The van der Waals surface area contributed by atoms with Crippen molar-refractivity contribution >= 4 is 17.3 Å². The van der Waals surface area contributed by atoms with Crippen LogP contribution in [-0.2, 0) is 4.74 Å². The number of nitrogens with one attached hydrogen (secondary N) is 2. The van der Waals surface area contributed by atoms with Crippen molar-refractivity contribution in [3.8, 4) is 0 Å². The van der Waals surface area contributed by atoms with Crippen LogP contribution >= 0.6 is 11.6 Å². The summed E-state index contributed by atoms with van der Waals surface area (Å²) in [5.41, 5.74) is 0.157. The highest BCUT2D eigenvalue weighted by atomic mass is 35.5. The van der Waals surface area contributed by atoms with Crippen molar-refractivity contribution in [2.75, 3.05) is 19.0 Å². The molecule has 0 fully saturated rings. The molecule has 0 spiro atoms. The first-order valence-electron chi connectivity index (χ1n) is 4.63. The lowest BCUT2D eigenvalue weighted by molar-refractivity contribution is 0.191. The molecule has 0 saturated carbocycles. The van der Waals surface area contributed by atoms with E-state index in [4.69, 9.17) is 16.3 Å². The summed E-state index contributed by atoms with van der Waals surface area (Å²) in [7, 11) is 1.65. The molecule has 0 bridgehead atoms. The number of aromatic nitrogens is 2. The van der Waals surface area contributed by atoms with Crippen LogP contribution in [0, 0.1) is 0 Å². The lowest BCUT2D eigenvalue weighted by atomic mass is 10.2. The second kappa shape index (κ2) is 5.72. The van der Waals surface area contributed by atoms with Crippen molar-refractivity contribution in [3.05, 3.63) is 21.6 Å². The molecule has 1 rings (SSSR count). The predicted octanol–water partition coefficient (Wildman–Crippen LogP) is 1.26. The predicted molar refractivity (Wildman–Crippen MR) is 59.4 cm³/mol. The van der Waals surface area contributed by atoms with Gasteiger partial charge in [0.05, 0.1) is 11.9 Å². The number of hydrogen-bond acceptors (Lipinski definition) is 4. The fourth-order valence-electron chi connectivity index (χ4n) is 1.12. The second-order valence-electron chi connectivity index (χ2n) is 3.25. The van der Waals surface area contributed by atoms with E-state index < -0.39 is 0 Å². The van der Waals surface area contributed by atoms with E-state index in [-0.39, 0.29) is 16.6 Å². The van der Waals surface area contributed by atoms with Crippen molar-refractivity contribution in [2.24, 2.45) is 0 Å². The van der Waals surface area contributed by atoms with Gasteiger partial charge in [0.25, 0.3) is 5.56 Å². The average molecular weight is 232 g/mol. The minimum atomic E-state index is -0.388. The van der Waals surface area contributed by atoms with Gasteiger partial charge in [-0.3, -0.25) is 4.79 Å². The number of H-pyrrole nitrogens is 1. The van der Waals surface area contributed by atoms with Crippen LogP contribution in [-0.4, -0.2) is 30.0 Å². The molecule has 0 aliphatic rings. The number of hydrogen-bond donors (Lipinski definition) is 2. The van der Waals surface area contributed by atoms with E-state index in [1.807, 2.05) is 6.92 Å². The fraction of sp³-hybridized carbons (Fsp3) is 0.556. The molecule has 84 valence electrons. The summed E-state index contributed by atoms with van der Waals surface area (Å²) < 4.78 is 4.95. The van der Waals surface area contributed by atoms with Gasteiger partial charge in [0.15, 0.2) is 0 Å². The molecule has 0 amide bonds. The second-order valence-corrected chi connectivity index (χ2v) is 3.63. The number of halogens is 1. The Morgan fingerprint density at radius 1 is 1.73 bits per heavy atom. The van der Waals surface area contributed by atoms with Gasteiger partial charge in [0.2, 0.25) is 0 Å². The highest BCUT2D eigenvalue weighted by molar-refractivity contribution is 6.32. The van der Waals surface area contributed by atoms with Gasteiger partial charge in [-0.1, -0.05) is 11.6 Å². The van der Waals surface area contributed by atoms with Crippen LogP contribution in [0.3, 0.4) is 0 Å². The fourth-order valence-corrected chi connectivity index (χ4v) is 1.26. The van der Waals surface area contributed by atoms with E-state index in [2.05, 4.69) is 15.5 Å². The molecule has 15 heavy (non-hydrogen) atoms. The Morgan fingerprint density at radius 3 is 3.13 bits per heavy atom. The SMILES string of the molecule is COCCC(C)Nc1cn[nH]c(=O)c1Cl. The number of rotatable bonds is 5. The zero-order valence-corrected chi connectivity index (χ0v) is 9.47. The van der Waals surface area contributed by atoms with E-state index >= 15 is 0 Å². The smallest absolute Gasteiger partial charge is 0.285 e. The quantitative estimate of drug-likeness (QED) is 0.801. The molecule has 1 aromatic heterocycles. The minimum Gasteiger partial charge on any atom is -0.385 e. The van der Waals surface area contributed by atoms with Crippen molar-refractivity contribution in [2.45, 2.75) is 19.4 Å². The largest absolute Gasteiger partial charge is 0.385 e. The summed E-state index contributed by atoms with van der Waals surface area (Å²) in [6.45, 7) is 2.64. The van der Waals surface area contributed by atoms with Gasteiger partial charge in [-0.05, 0) is 13.3 Å². The van der Waals surface area contributed by atoms with E-state index in [0.29, 0.717) is 12.3 Å². The monoisotopic (exact) mass is 231 g/mol. The van der Waals surface area contributed by atoms with Gasteiger partial charge in [0.1, 0.15) is 5.02 Å². The molecule has 0 radical (unpaired) electrons. The third kappa shape index (κ3) is 3.53. The molecule has 5 nitrogen and oxygen atoms in total. The minimum absolute atomic E-state index is 0.134. The lowest BCUT2D eigenvalue weighted by Gasteiger charge is -2.14. The van der Waals surface area contributed by atoms with Crippen LogP contribution in [0.15, 0.2) is 11.0 Å². The summed E-state index contributed by atoms with van der Waals surface area (Å²) in [5.74, 6) is 0. The van der Waals surface area contributed by atoms with E-state index in [1.54, 1.807) is 7.11 Å². The zero-order valence-electron chi connectivity index (χ0n) is 8.71. The molecule has 0 saturated heterocycles. The van der Waals surface area contributed by atoms with Gasteiger partial charge in [-0.2, -0.15) is 5.10 Å². The van der Waals surface area contributed by atoms with Crippen molar-refractivity contribution in [3.63, 3.8) is 0 Å². The van der Waals surface area contributed by atoms with Crippen LogP contribution < -0.4 is 10.9 Å². The molecule has 6 heteroatoms. The molecule has 0 aliphatic heterocycles. The summed E-state index contributed by atoms with van der Waals surface area (Å²) in [5, 5.41) is 9.14. The Bertz CT molecular complexity index is 367. The molecule has 1 atom stereocenters. The Morgan fingerprint density at radius 2 is 2.47 bits per heavy atom. The third-order valence-corrected chi connectivity index (χ3v) is 2.33. The summed E-state index contributed by atoms with van der Waals surface area (Å²) in [6, 6.07) is 0.172. The average Bonchev–Trinajstić information content (AvgIpc) is 2.22. The first kappa shape index (κ1) is 12.0. The van der Waals surface area contributed by atoms with Gasteiger partial charge < -0.3 is 10.1 Å². The van der Waals surface area contributed by atoms with Crippen LogP contribution in [0.2, 0.25) is 5.02 Å². The maximum atomic E-state index is 11.1. The van der Waals surface area contributed by atoms with Crippen LogP contribution in [0.25, 0.3) is 0 Å². The highest BCUT2D eigenvalue weighted by Crippen LogP contribution is 2.16. The van der Waals surface area contributed by atoms with Gasteiger partial charge >= 0.3 is 0 Å². The Balaban J connectivity index is 2.64. The molecular weight excluding hydrogens is 218 g/mol. The number of ether oxygens (including phenoxy) is 1. The molecule has 0 aromatic carbocycles. The Hall–Kier alpha value is -1.07. The molecule has 2 N–H and O–H groups in total. The summed E-state index contributed by atoms with van der Waals surface area (Å²) in [6.07, 6.45) is 2.33. The first-order chi connectivity index (χ1) is 7.15. The first-order valence-corrected chi connectivity index (χ1v) is 5.01. The molecule has 1 unspecified atom stereocenters. The van der Waals surface area contributed by atoms with Crippen LogP contribution in [0.4, 0.5) is 5.69 Å². The molecule has 0 aliphatic carbocycles. The molecule has 1 heterocycles. The number of nitrogens with zero attached hydrogens (tertiary/aromatic N) is 1. The Labute approximate surface area is 92.8 Å². The zero-order chi connectivity index (χ0) is 11.3. The van der Waals surface area contributed by atoms with E-state index in [0.717, 1.165) is 6.42 Å².